The van der Waals surface area contributed by atoms with E-state index in [2.05, 4.69) is 29.2 Å². The molecule has 0 amide bonds. The molecule has 0 atom stereocenters. The monoisotopic (exact) mass is 280 g/mol. The van der Waals surface area contributed by atoms with E-state index in [4.69, 9.17) is 5.26 Å². The van der Waals surface area contributed by atoms with E-state index in [0.29, 0.717) is 5.92 Å². The summed E-state index contributed by atoms with van der Waals surface area (Å²) in [4.78, 5) is 2.40. The van der Waals surface area contributed by atoms with Crippen molar-refractivity contribution in [3.63, 3.8) is 0 Å². The minimum Gasteiger partial charge on any atom is -0.371 e. The Hall–Kier alpha value is -2.28. The molecule has 0 aliphatic carbocycles. The third-order valence-corrected chi connectivity index (χ3v) is 4.31. The molecule has 1 aliphatic heterocycles. The van der Waals surface area contributed by atoms with Crippen molar-refractivity contribution in [1.82, 2.24) is 9.78 Å². The summed E-state index contributed by atoms with van der Waals surface area (Å²) in [6.45, 7) is 5.18. The molecule has 1 aromatic carbocycles. The maximum Gasteiger partial charge on any atom is 0.0991 e. The van der Waals surface area contributed by atoms with Crippen LogP contribution in [0.3, 0.4) is 0 Å². The van der Waals surface area contributed by atoms with Gasteiger partial charge in [-0.1, -0.05) is 0 Å². The molecule has 2 heterocycles. The maximum absolute atomic E-state index is 8.85. The number of anilines is 1. The Morgan fingerprint density at radius 3 is 2.52 bits per heavy atom. The first-order valence-electron chi connectivity index (χ1n) is 7.57. The van der Waals surface area contributed by atoms with Crippen molar-refractivity contribution in [2.24, 2.45) is 0 Å². The second-order valence-corrected chi connectivity index (χ2v) is 5.55. The molecular formula is C17H20N4. The first-order chi connectivity index (χ1) is 10.3. The zero-order chi connectivity index (χ0) is 14.7. The molecule has 4 heteroatoms. The van der Waals surface area contributed by atoms with Crippen molar-refractivity contribution in [3.05, 3.63) is 47.8 Å². The highest BCUT2D eigenvalue weighted by molar-refractivity contribution is 5.50. The van der Waals surface area contributed by atoms with Crippen molar-refractivity contribution in [1.29, 1.82) is 5.26 Å². The first kappa shape index (κ1) is 13.7. The van der Waals surface area contributed by atoms with Crippen LogP contribution in [-0.2, 0) is 6.54 Å². The van der Waals surface area contributed by atoms with Crippen molar-refractivity contribution in [2.45, 2.75) is 32.2 Å². The minimum atomic E-state index is 0.625. The predicted molar refractivity (Wildman–Crippen MR) is 83.2 cm³/mol. The molecule has 1 aliphatic rings. The maximum atomic E-state index is 8.85. The smallest absolute Gasteiger partial charge is 0.0991 e. The van der Waals surface area contributed by atoms with Crippen molar-refractivity contribution in [3.8, 4) is 6.07 Å². The standard InChI is InChI=1S/C17H20N4/c1-2-21-13-16(12-19-21)15-7-9-20(10-8-15)17-5-3-14(11-18)4-6-17/h3-6,12-13,15H,2,7-10H2,1H3. The van der Waals surface area contributed by atoms with Gasteiger partial charge in [-0.3, -0.25) is 4.68 Å². The Labute approximate surface area is 125 Å². The van der Waals surface area contributed by atoms with E-state index in [0.717, 1.165) is 38.0 Å². The first-order valence-corrected chi connectivity index (χ1v) is 7.57. The van der Waals surface area contributed by atoms with Crippen LogP contribution < -0.4 is 4.90 Å². The molecule has 1 fully saturated rings. The second kappa shape index (κ2) is 6.01. The van der Waals surface area contributed by atoms with Gasteiger partial charge in [-0.15, -0.1) is 0 Å². The molecule has 21 heavy (non-hydrogen) atoms. The van der Waals surface area contributed by atoms with E-state index in [1.807, 2.05) is 35.1 Å². The summed E-state index contributed by atoms with van der Waals surface area (Å²) < 4.78 is 2.00. The number of benzene rings is 1. The van der Waals surface area contributed by atoms with Crippen LogP contribution >= 0.6 is 0 Å². The van der Waals surface area contributed by atoms with Crippen molar-refractivity contribution >= 4 is 5.69 Å². The summed E-state index contributed by atoms with van der Waals surface area (Å²) in [6, 6.07) is 10.1. The fraction of sp³-hybridized carbons (Fsp3) is 0.412. The van der Waals surface area contributed by atoms with Crippen LogP contribution in [0.15, 0.2) is 36.7 Å². The predicted octanol–water partition coefficient (Wildman–Crippen LogP) is 3.16. The highest BCUT2D eigenvalue weighted by Crippen LogP contribution is 2.30. The molecule has 2 aromatic rings. The Bertz CT molecular complexity index is 628. The van der Waals surface area contributed by atoms with Crippen molar-refractivity contribution in [2.75, 3.05) is 18.0 Å². The van der Waals surface area contributed by atoms with Crippen LogP contribution in [0.5, 0.6) is 0 Å². The average molecular weight is 280 g/mol. The van der Waals surface area contributed by atoms with Crippen LogP contribution in [0.25, 0.3) is 0 Å². The number of aromatic nitrogens is 2. The summed E-state index contributed by atoms with van der Waals surface area (Å²) in [5.74, 6) is 0.625. The van der Waals surface area contributed by atoms with Crippen molar-refractivity contribution < 1.29 is 0 Å². The van der Waals surface area contributed by atoms with E-state index in [1.165, 1.54) is 11.3 Å². The third-order valence-electron chi connectivity index (χ3n) is 4.31. The van der Waals surface area contributed by atoms with Crippen LogP contribution in [0.1, 0.15) is 36.8 Å². The molecule has 0 radical (unpaired) electrons. The van der Waals surface area contributed by atoms with Gasteiger partial charge in [0.15, 0.2) is 0 Å². The van der Waals surface area contributed by atoms with Gasteiger partial charge >= 0.3 is 0 Å². The average Bonchev–Trinajstić information content (AvgIpc) is 3.04. The van der Waals surface area contributed by atoms with Crippen LogP contribution in [0, 0.1) is 11.3 Å². The van der Waals surface area contributed by atoms with Gasteiger partial charge in [0.2, 0.25) is 0 Å². The molecule has 0 spiro atoms. The lowest BCUT2D eigenvalue weighted by molar-refractivity contribution is 0.505. The number of nitriles is 1. The fourth-order valence-corrected chi connectivity index (χ4v) is 2.98. The van der Waals surface area contributed by atoms with Crippen LogP contribution in [-0.4, -0.2) is 22.9 Å². The molecule has 0 bridgehead atoms. The zero-order valence-electron chi connectivity index (χ0n) is 12.4. The van der Waals surface area contributed by atoms with E-state index >= 15 is 0 Å². The molecule has 3 rings (SSSR count). The van der Waals surface area contributed by atoms with Gasteiger partial charge in [-0.2, -0.15) is 10.4 Å². The lowest BCUT2D eigenvalue weighted by Crippen LogP contribution is -2.32. The lowest BCUT2D eigenvalue weighted by Gasteiger charge is -2.33. The molecular weight excluding hydrogens is 260 g/mol. The quantitative estimate of drug-likeness (QED) is 0.867. The normalized spacial score (nSPS) is 15.9. The number of aryl methyl sites for hydroxylation is 1. The third kappa shape index (κ3) is 2.92. The molecule has 0 N–H and O–H groups in total. The SMILES string of the molecule is CCn1cc(C2CCN(c3ccc(C#N)cc3)CC2)cn1. The highest BCUT2D eigenvalue weighted by atomic mass is 15.3. The molecule has 108 valence electrons. The Balaban J connectivity index is 1.63. The Morgan fingerprint density at radius 1 is 1.24 bits per heavy atom. The number of hydrogen-bond acceptors (Lipinski definition) is 3. The summed E-state index contributed by atoms with van der Waals surface area (Å²) in [6.07, 6.45) is 6.53. The fourth-order valence-electron chi connectivity index (χ4n) is 2.98. The van der Waals surface area contributed by atoms with E-state index in [-0.39, 0.29) is 0 Å². The Kier molecular flexibility index (Phi) is 3.92. The molecule has 1 saturated heterocycles. The lowest BCUT2D eigenvalue weighted by atomic mass is 9.91. The summed E-state index contributed by atoms with van der Waals surface area (Å²) in [5, 5.41) is 13.2. The largest absolute Gasteiger partial charge is 0.371 e. The van der Waals surface area contributed by atoms with Gasteiger partial charge in [-0.05, 0) is 55.5 Å². The van der Waals surface area contributed by atoms with Gasteiger partial charge < -0.3 is 4.90 Å². The van der Waals surface area contributed by atoms with Gasteiger partial charge in [0.1, 0.15) is 0 Å². The van der Waals surface area contributed by atoms with Crippen LogP contribution in [0.2, 0.25) is 0 Å². The summed E-state index contributed by atoms with van der Waals surface area (Å²) >= 11 is 0. The van der Waals surface area contributed by atoms with Gasteiger partial charge in [0.25, 0.3) is 0 Å². The zero-order valence-corrected chi connectivity index (χ0v) is 12.4. The van der Waals surface area contributed by atoms with E-state index in [1.54, 1.807) is 0 Å². The number of piperidine rings is 1. The molecule has 4 nitrogen and oxygen atoms in total. The van der Waals surface area contributed by atoms with Crippen LogP contribution in [0.4, 0.5) is 5.69 Å². The minimum absolute atomic E-state index is 0.625. The topological polar surface area (TPSA) is 44.9 Å². The summed E-state index contributed by atoms with van der Waals surface area (Å²) in [7, 11) is 0. The van der Waals surface area contributed by atoms with Gasteiger partial charge in [-0.25, -0.2) is 0 Å². The number of nitrogens with zero attached hydrogens (tertiary/aromatic N) is 4. The van der Waals surface area contributed by atoms with Gasteiger partial charge in [0.05, 0.1) is 17.8 Å². The summed E-state index contributed by atoms with van der Waals surface area (Å²) in [5.41, 5.74) is 3.31. The van der Waals surface area contributed by atoms with E-state index in [9.17, 15) is 0 Å². The number of hydrogen-bond donors (Lipinski definition) is 0. The second-order valence-electron chi connectivity index (χ2n) is 5.55. The molecule has 0 unspecified atom stereocenters. The highest BCUT2D eigenvalue weighted by Gasteiger charge is 2.21. The molecule has 1 aromatic heterocycles. The Morgan fingerprint density at radius 2 is 1.95 bits per heavy atom. The van der Waals surface area contributed by atoms with Gasteiger partial charge in [0, 0.05) is 31.5 Å². The molecule has 0 saturated carbocycles. The van der Waals surface area contributed by atoms with E-state index < -0.39 is 0 Å². The number of rotatable bonds is 3.